The molecule has 0 spiro atoms. The lowest BCUT2D eigenvalue weighted by Crippen LogP contribution is -1.97. The molecule has 0 amide bonds. The van der Waals surface area contributed by atoms with E-state index in [9.17, 15) is 0 Å². The van der Waals surface area contributed by atoms with Gasteiger partial charge in [-0.15, -0.1) is 0 Å². The Kier molecular flexibility index (Phi) is 3.66. The zero-order valence-electron chi connectivity index (χ0n) is 10.6. The van der Waals surface area contributed by atoms with Gasteiger partial charge in [-0.3, -0.25) is 0 Å². The van der Waals surface area contributed by atoms with Crippen LogP contribution in [0.2, 0.25) is 5.02 Å². The van der Waals surface area contributed by atoms with Crippen LogP contribution in [0.15, 0.2) is 36.4 Å². The van der Waals surface area contributed by atoms with Crippen molar-refractivity contribution in [2.24, 2.45) is 0 Å². The highest BCUT2D eigenvalue weighted by Gasteiger charge is 2.17. The average Bonchev–Trinajstić information content (AvgIpc) is 2.88. The van der Waals surface area contributed by atoms with Gasteiger partial charge in [0.05, 0.1) is 18.0 Å². The summed E-state index contributed by atoms with van der Waals surface area (Å²) in [6.07, 6.45) is 0. The second kappa shape index (κ2) is 5.28. The monoisotopic (exact) mass is 336 g/mol. The van der Waals surface area contributed by atoms with Gasteiger partial charge in [-0.2, -0.15) is 0 Å². The minimum atomic E-state index is 0.164. The van der Waals surface area contributed by atoms with Crippen molar-refractivity contribution in [3.63, 3.8) is 0 Å². The maximum absolute atomic E-state index is 6.20. The Hall–Kier alpha value is -0.830. The van der Waals surface area contributed by atoms with Crippen molar-refractivity contribution in [1.29, 1.82) is 0 Å². The van der Waals surface area contributed by atoms with Crippen LogP contribution in [0, 0.1) is 6.92 Å². The molecule has 98 valence electrons. The van der Waals surface area contributed by atoms with E-state index in [1.165, 1.54) is 22.3 Å². The summed E-state index contributed by atoms with van der Waals surface area (Å²) in [7, 11) is 0. The van der Waals surface area contributed by atoms with E-state index in [0.29, 0.717) is 0 Å². The van der Waals surface area contributed by atoms with Crippen LogP contribution in [-0.4, -0.2) is 0 Å². The average molecular weight is 338 g/mol. The number of rotatable bonds is 2. The second-order valence-electron chi connectivity index (χ2n) is 4.84. The lowest BCUT2D eigenvalue weighted by atomic mass is 9.98. The standard InChI is InChI=1S/C16H14BrClO/c1-10-14(3-2-4-15(10)18)16(17)11-5-6-12-8-19-9-13(12)7-11/h2-7,16H,8-9H2,1H3. The van der Waals surface area contributed by atoms with Gasteiger partial charge in [0.1, 0.15) is 0 Å². The van der Waals surface area contributed by atoms with Crippen molar-refractivity contribution in [2.45, 2.75) is 25.0 Å². The molecule has 0 fully saturated rings. The molecule has 1 aliphatic rings. The highest BCUT2D eigenvalue weighted by Crippen LogP contribution is 2.36. The number of halogens is 2. The number of alkyl halides is 1. The van der Waals surface area contributed by atoms with Crippen LogP contribution in [-0.2, 0) is 18.0 Å². The summed E-state index contributed by atoms with van der Waals surface area (Å²) in [5.41, 5.74) is 6.18. The third kappa shape index (κ3) is 2.45. The molecule has 19 heavy (non-hydrogen) atoms. The number of hydrogen-bond donors (Lipinski definition) is 0. The van der Waals surface area contributed by atoms with Gasteiger partial charge in [-0.25, -0.2) is 0 Å². The fourth-order valence-electron chi connectivity index (χ4n) is 2.43. The van der Waals surface area contributed by atoms with Crippen molar-refractivity contribution in [1.82, 2.24) is 0 Å². The number of benzene rings is 2. The Bertz CT molecular complexity index is 624. The van der Waals surface area contributed by atoms with Crippen LogP contribution in [0.5, 0.6) is 0 Å². The first kappa shape index (κ1) is 13.2. The van der Waals surface area contributed by atoms with E-state index >= 15 is 0 Å². The summed E-state index contributed by atoms with van der Waals surface area (Å²) in [5.74, 6) is 0. The molecule has 1 unspecified atom stereocenters. The molecule has 1 atom stereocenters. The maximum Gasteiger partial charge on any atom is 0.0725 e. The summed E-state index contributed by atoms with van der Waals surface area (Å²) < 4.78 is 5.46. The molecular weight excluding hydrogens is 324 g/mol. The van der Waals surface area contributed by atoms with Crippen molar-refractivity contribution < 1.29 is 4.74 Å². The summed E-state index contributed by atoms with van der Waals surface area (Å²) in [4.78, 5) is 0.164. The first-order chi connectivity index (χ1) is 9.16. The molecule has 1 nitrogen and oxygen atoms in total. The first-order valence-corrected chi connectivity index (χ1v) is 7.54. The molecule has 1 aliphatic heterocycles. The molecule has 3 rings (SSSR count). The van der Waals surface area contributed by atoms with Gasteiger partial charge in [0.2, 0.25) is 0 Å². The van der Waals surface area contributed by atoms with Gasteiger partial charge in [0.15, 0.2) is 0 Å². The molecule has 0 saturated heterocycles. The SMILES string of the molecule is Cc1c(Cl)cccc1C(Br)c1ccc2c(c1)COC2. The summed E-state index contributed by atoms with van der Waals surface area (Å²) in [6, 6.07) is 12.6. The van der Waals surface area contributed by atoms with Crippen LogP contribution in [0.3, 0.4) is 0 Å². The third-order valence-corrected chi connectivity index (χ3v) is 5.05. The molecule has 0 N–H and O–H groups in total. The Balaban J connectivity index is 2.00. The van der Waals surface area contributed by atoms with E-state index in [0.717, 1.165) is 23.8 Å². The lowest BCUT2D eigenvalue weighted by Gasteiger charge is -2.15. The van der Waals surface area contributed by atoms with E-state index in [-0.39, 0.29) is 4.83 Å². The molecule has 0 radical (unpaired) electrons. The molecule has 2 aromatic rings. The summed E-state index contributed by atoms with van der Waals surface area (Å²) in [5, 5.41) is 0.812. The topological polar surface area (TPSA) is 9.23 Å². The van der Waals surface area contributed by atoms with E-state index in [2.05, 4.69) is 47.1 Å². The second-order valence-corrected chi connectivity index (χ2v) is 6.16. The van der Waals surface area contributed by atoms with Gasteiger partial charge in [-0.1, -0.05) is 57.9 Å². The molecule has 1 heterocycles. The van der Waals surface area contributed by atoms with Crippen LogP contribution in [0.25, 0.3) is 0 Å². The molecule has 0 bridgehead atoms. The normalized spacial score (nSPS) is 15.3. The lowest BCUT2D eigenvalue weighted by molar-refractivity contribution is 0.134. The molecule has 0 saturated carbocycles. The van der Waals surface area contributed by atoms with Crippen LogP contribution in [0.1, 0.15) is 32.6 Å². The van der Waals surface area contributed by atoms with E-state index < -0.39 is 0 Å². The van der Waals surface area contributed by atoms with Crippen molar-refractivity contribution in [2.75, 3.05) is 0 Å². The highest BCUT2D eigenvalue weighted by molar-refractivity contribution is 9.09. The van der Waals surface area contributed by atoms with Crippen molar-refractivity contribution in [3.8, 4) is 0 Å². The Morgan fingerprint density at radius 1 is 1.16 bits per heavy atom. The molecule has 3 heteroatoms. The molecule has 0 aliphatic carbocycles. The highest BCUT2D eigenvalue weighted by atomic mass is 79.9. The van der Waals surface area contributed by atoms with E-state index in [1.807, 2.05) is 12.1 Å². The van der Waals surface area contributed by atoms with Crippen molar-refractivity contribution >= 4 is 27.5 Å². The third-order valence-electron chi connectivity index (χ3n) is 3.62. The van der Waals surface area contributed by atoms with Gasteiger partial charge in [0, 0.05) is 5.02 Å². The Morgan fingerprint density at radius 2 is 1.95 bits per heavy atom. The quantitative estimate of drug-likeness (QED) is 0.688. The van der Waals surface area contributed by atoms with Gasteiger partial charge < -0.3 is 4.74 Å². The zero-order valence-corrected chi connectivity index (χ0v) is 13.0. The number of hydrogen-bond acceptors (Lipinski definition) is 1. The predicted octanol–water partition coefficient (Wildman–Crippen LogP) is 5.16. The Morgan fingerprint density at radius 3 is 2.79 bits per heavy atom. The van der Waals surface area contributed by atoms with E-state index in [1.54, 1.807) is 0 Å². The molecule has 0 aromatic heterocycles. The zero-order chi connectivity index (χ0) is 13.4. The van der Waals surface area contributed by atoms with Gasteiger partial charge in [-0.05, 0) is 40.8 Å². The minimum Gasteiger partial charge on any atom is -0.372 e. The summed E-state index contributed by atoms with van der Waals surface area (Å²) >= 11 is 9.99. The predicted molar refractivity (Wildman–Crippen MR) is 81.9 cm³/mol. The number of fused-ring (bicyclic) bond motifs is 1. The smallest absolute Gasteiger partial charge is 0.0725 e. The minimum absolute atomic E-state index is 0.164. The Labute approximate surface area is 126 Å². The van der Waals surface area contributed by atoms with Crippen LogP contribution in [0.4, 0.5) is 0 Å². The largest absolute Gasteiger partial charge is 0.372 e. The van der Waals surface area contributed by atoms with Crippen molar-refractivity contribution in [3.05, 3.63) is 69.2 Å². The number of ether oxygens (including phenoxy) is 1. The molecular formula is C16H14BrClO. The van der Waals surface area contributed by atoms with Crippen LogP contribution < -0.4 is 0 Å². The maximum atomic E-state index is 6.20. The van der Waals surface area contributed by atoms with Crippen LogP contribution >= 0.6 is 27.5 Å². The van der Waals surface area contributed by atoms with Gasteiger partial charge in [0.25, 0.3) is 0 Å². The fraction of sp³-hybridized carbons (Fsp3) is 0.250. The first-order valence-electron chi connectivity index (χ1n) is 6.25. The summed E-state index contributed by atoms with van der Waals surface area (Å²) in [6.45, 7) is 3.51. The molecule has 2 aromatic carbocycles. The fourth-order valence-corrected chi connectivity index (χ4v) is 3.39. The van der Waals surface area contributed by atoms with Gasteiger partial charge >= 0.3 is 0 Å². The van der Waals surface area contributed by atoms with E-state index in [4.69, 9.17) is 16.3 Å².